The highest BCUT2D eigenvalue weighted by atomic mass is 35.5. The lowest BCUT2D eigenvalue weighted by Gasteiger charge is -2.32. The van der Waals surface area contributed by atoms with Crippen LogP contribution in [0.3, 0.4) is 0 Å². The van der Waals surface area contributed by atoms with Crippen molar-refractivity contribution in [1.82, 2.24) is 5.32 Å². The molecule has 0 radical (unpaired) electrons. The van der Waals surface area contributed by atoms with E-state index in [1.807, 2.05) is 0 Å². The van der Waals surface area contributed by atoms with Crippen molar-refractivity contribution in [3.05, 3.63) is 0 Å². The first-order valence-corrected chi connectivity index (χ1v) is 7.66. The SMILES string of the molecule is CC(C)CC(CCO)CNC(=O)C1(N)CCCCC1.Cl. The Morgan fingerprint density at radius 1 is 1.30 bits per heavy atom. The second-order valence-corrected chi connectivity index (χ2v) is 6.43. The van der Waals surface area contributed by atoms with Gasteiger partial charge in [0.25, 0.3) is 0 Å². The van der Waals surface area contributed by atoms with E-state index in [0.29, 0.717) is 18.4 Å². The second kappa shape index (κ2) is 9.59. The van der Waals surface area contributed by atoms with E-state index in [2.05, 4.69) is 19.2 Å². The second-order valence-electron chi connectivity index (χ2n) is 6.43. The minimum Gasteiger partial charge on any atom is -0.396 e. The minimum atomic E-state index is -0.653. The van der Waals surface area contributed by atoms with E-state index in [4.69, 9.17) is 10.8 Å². The number of amides is 1. The maximum atomic E-state index is 12.2. The van der Waals surface area contributed by atoms with Crippen molar-refractivity contribution >= 4 is 18.3 Å². The van der Waals surface area contributed by atoms with Crippen LogP contribution in [0.15, 0.2) is 0 Å². The minimum absolute atomic E-state index is 0. The lowest BCUT2D eigenvalue weighted by molar-refractivity contribution is -0.127. The Morgan fingerprint density at radius 2 is 1.90 bits per heavy atom. The predicted octanol–water partition coefficient (Wildman–Crippen LogP) is 2.23. The third-order valence-electron chi connectivity index (χ3n) is 4.09. The normalized spacial score (nSPS) is 19.2. The Kier molecular flexibility index (Phi) is 9.43. The smallest absolute Gasteiger partial charge is 0.240 e. The van der Waals surface area contributed by atoms with E-state index in [1.165, 1.54) is 6.42 Å². The van der Waals surface area contributed by atoms with Gasteiger partial charge >= 0.3 is 0 Å². The Bertz CT molecular complexity index is 279. The molecule has 0 aromatic rings. The standard InChI is InChI=1S/C15H30N2O2.ClH/c1-12(2)10-13(6-9-18)11-17-14(19)15(16)7-4-3-5-8-15;/h12-13,18H,3-11,16H2,1-2H3,(H,17,19);1H. The number of rotatable bonds is 7. The summed E-state index contributed by atoms with van der Waals surface area (Å²) in [6.45, 7) is 5.15. The van der Waals surface area contributed by atoms with Crippen molar-refractivity contribution in [3.8, 4) is 0 Å². The van der Waals surface area contributed by atoms with E-state index in [0.717, 1.165) is 38.5 Å². The quantitative estimate of drug-likeness (QED) is 0.675. The van der Waals surface area contributed by atoms with Gasteiger partial charge < -0.3 is 16.2 Å². The van der Waals surface area contributed by atoms with Crippen LogP contribution in [-0.4, -0.2) is 29.7 Å². The zero-order valence-electron chi connectivity index (χ0n) is 12.9. The van der Waals surface area contributed by atoms with Gasteiger partial charge in [0.2, 0.25) is 5.91 Å². The highest BCUT2D eigenvalue weighted by molar-refractivity contribution is 5.86. The lowest BCUT2D eigenvalue weighted by atomic mass is 9.81. The molecule has 0 bridgehead atoms. The van der Waals surface area contributed by atoms with Crippen molar-refractivity contribution in [2.45, 2.75) is 64.3 Å². The van der Waals surface area contributed by atoms with Crippen LogP contribution in [0.5, 0.6) is 0 Å². The van der Waals surface area contributed by atoms with E-state index in [1.54, 1.807) is 0 Å². The predicted molar refractivity (Wildman–Crippen MR) is 84.9 cm³/mol. The van der Waals surface area contributed by atoms with E-state index >= 15 is 0 Å². The Balaban J connectivity index is 0.00000361. The van der Waals surface area contributed by atoms with Crippen LogP contribution < -0.4 is 11.1 Å². The van der Waals surface area contributed by atoms with Crippen molar-refractivity contribution in [3.63, 3.8) is 0 Å². The van der Waals surface area contributed by atoms with Gasteiger partial charge in [-0.3, -0.25) is 4.79 Å². The number of aliphatic hydroxyl groups is 1. The Morgan fingerprint density at radius 3 is 2.40 bits per heavy atom. The topological polar surface area (TPSA) is 75.3 Å². The number of carbonyl (C=O) groups excluding carboxylic acids is 1. The van der Waals surface area contributed by atoms with E-state index in [-0.39, 0.29) is 24.9 Å². The van der Waals surface area contributed by atoms with Gasteiger partial charge in [0.1, 0.15) is 0 Å². The summed E-state index contributed by atoms with van der Waals surface area (Å²) >= 11 is 0. The highest BCUT2D eigenvalue weighted by Crippen LogP contribution is 2.26. The molecule has 1 aliphatic rings. The van der Waals surface area contributed by atoms with Crippen molar-refractivity contribution in [1.29, 1.82) is 0 Å². The number of nitrogens with two attached hydrogens (primary N) is 1. The van der Waals surface area contributed by atoms with Gasteiger partial charge in [0.15, 0.2) is 0 Å². The van der Waals surface area contributed by atoms with Gasteiger partial charge in [0.05, 0.1) is 5.54 Å². The molecule has 0 aromatic heterocycles. The first kappa shape index (κ1) is 19.7. The summed E-state index contributed by atoms with van der Waals surface area (Å²) in [5, 5.41) is 12.1. The number of halogens is 1. The summed E-state index contributed by atoms with van der Waals surface area (Å²) < 4.78 is 0. The molecule has 1 saturated carbocycles. The van der Waals surface area contributed by atoms with Crippen LogP contribution in [-0.2, 0) is 4.79 Å². The fourth-order valence-electron chi connectivity index (χ4n) is 2.98. The molecule has 20 heavy (non-hydrogen) atoms. The van der Waals surface area contributed by atoms with Crippen molar-refractivity contribution < 1.29 is 9.90 Å². The maximum Gasteiger partial charge on any atom is 0.240 e. The van der Waals surface area contributed by atoms with Crippen LogP contribution in [0.1, 0.15) is 58.8 Å². The number of hydrogen-bond donors (Lipinski definition) is 3. The van der Waals surface area contributed by atoms with Crippen LogP contribution in [0.25, 0.3) is 0 Å². The molecule has 0 aromatic carbocycles. The van der Waals surface area contributed by atoms with Crippen molar-refractivity contribution in [2.24, 2.45) is 17.6 Å². The molecule has 5 heteroatoms. The first-order chi connectivity index (χ1) is 8.98. The van der Waals surface area contributed by atoms with Crippen LogP contribution in [0.4, 0.5) is 0 Å². The highest BCUT2D eigenvalue weighted by Gasteiger charge is 2.35. The van der Waals surface area contributed by atoms with Gasteiger partial charge in [-0.1, -0.05) is 33.1 Å². The van der Waals surface area contributed by atoms with Crippen LogP contribution in [0.2, 0.25) is 0 Å². The molecule has 120 valence electrons. The Hall–Kier alpha value is -0.320. The molecule has 1 amide bonds. The van der Waals surface area contributed by atoms with Gasteiger partial charge in [-0.2, -0.15) is 0 Å². The molecule has 1 rings (SSSR count). The summed E-state index contributed by atoms with van der Waals surface area (Å²) in [6.07, 6.45) is 6.66. The molecule has 1 fully saturated rings. The summed E-state index contributed by atoms with van der Waals surface area (Å²) in [5.74, 6) is 0.926. The van der Waals surface area contributed by atoms with Gasteiger partial charge in [0, 0.05) is 13.2 Å². The molecule has 0 spiro atoms. The molecule has 4 N–H and O–H groups in total. The van der Waals surface area contributed by atoms with Crippen LogP contribution in [0, 0.1) is 11.8 Å². The molecule has 1 aliphatic carbocycles. The number of carbonyl (C=O) groups is 1. The molecular weight excluding hydrogens is 276 g/mol. The zero-order valence-corrected chi connectivity index (χ0v) is 13.7. The maximum absolute atomic E-state index is 12.2. The molecule has 1 unspecified atom stereocenters. The van der Waals surface area contributed by atoms with Gasteiger partial charge in [-0.05, 0) is 37.5 Å². The molecular formula is C15H31ClN2O2. The average Bonchev–Trinajstić information content (AvgIpc) is 2.36. The fraction of sp³-hybridized carbons (Fsp3) is 0.933. The largest absolute Gasteiger partial charge is 0.396 e. The summed E-state index contributed by atoms with van der Waals surface area (Å²) in [7, 11) is 0. The summed E-state index contributed by atoms with van der Waals surface area (Å²) in [5.41, 5.74) is 5.55. The molecule has 4 nitrogen and oxygen atoms in total. The molecule has 0 aliphatic heterocycles. The summed E-state index contributed by atoms with van der Waals surface area (Å²) in [6, 6.07) is 0. The van der Waals surface area contributed by atoms with E-state index in [9.17, 15) is 4.79 Å². The zero-order chi connectivity index (χ0) is 14.3. The molecule has 0 heterocycles. The van der Waals surface area contributed by atoms with E-state index < -0.39 is 5.54 Å². The fourth-order valence-corrected chi connectivity index (χ4v) is 2.98. The summed E-state index contributed by atoms with van der Waals surface area (Å²) in [4.78, 5) is 12.2. The average molecular weight is 307 g/mol. The number of hydrogen-bond acceptors (Lipinski definition) is 3. The number of aliphatic hydroxyl groups excluding tert-OH is 1. The van der Waals surface area contributed by atoms with Gasteiger partial charge in [-0.15, -0.1) is 12.4 Å². The van der Waals surface area contributed by atoms with Crippen molar-refractivity contribution in [2.75, 3.05) is 13.2 Å². The van der Waals surface area contributed by atoms with Gasteiger partial charge in [-0.25, -0.2) is 0 Å². The van der Waals surface area contributed by atoms with Crippen LogP contribution >= 0.6 is 12.4 Å². The molecule has 1 atom stereocenters. The number of nitrogens with one attached hydrogen (secondary N) is 1. The third kappa shape index (κ3) is 6.42. The monoisotopic (exact) mass is 306 g/mol. The third-order valence-corrected chi connectivity index (χ3v) is 4.09. The lowest BCUT2D eigenvalue weighted by Crippen LogP contribution is -2.55. The molecule has 0 saturated heterocycles. The Labute approximate surface area is 129 Å². The first-order valence-electron chi connectivity index (χ1n) is 7.66.